The van der Waals surface area contributed by atoms with Gasteiger partial charge in [-0.1, -0.05) is 43.5 Å². The van der Waals surface area contributed by atoms with Gasteiger partial charge in [0.2, 0.25) is 0 Å². The lowest BCUT2D eigenvalue weighted by Crippen LogP contribution is -2.31. The van der Waals surface area contributed by atoms with Gasteiger partial charge in [-0.2, -0.15) is 0 Å². The fourth-order valence-electron chi connectivity index (χ4n) is 4.65. The van der Waals surface area contributed by atoms with Crippen LogP contribution in [0.25, 0.3) is 11.1 Å². The summed E-state index contributed by atoms with van der Waals surface area (Å²) in [6.07, 6.45) is 4.94. The third-order valence-corrected chi connectivity index (χ3v) is 6.36. The van der Waals surface area contributed by atoms with Crippen molar-refractivity contribution in [2.75, 3.05) is 0 Å². The van der Waals surface area contributed by atoms with Crippen molar-refractivity contribution >= 4 is 11.6 Å². The van der Waals surface area contributed by atoms with Gasteiger partial charge < -0.3 is 10.2 Å². The van der Waals surface area contributed by atoms with E-state index in [1.165, 1.54) is 20.3 Å². The summed E-state index contributed by atoms with van der Waals surface area (Å²) in [5, 5.41) is 20.7. The summed E-state index contributed by atoms with van der Waals surface area (Å²) in [7, 11) is 0. The summed E-state index contributed by atoms with van der Waals surface area (Å²) in [6, 6.07) is 11.1. The van der Waals surface area contributed by atoms with Gasteiger partial charge in [-0.05, 0) is 73.4 Å². The van der Waals surface area contributed by atoms with E-state index in [2.05, 4.69) is 0 Å². The number of aliphatic hydroxyl groups is 2. The summed E-state index contributed by atoms with van der Waals surface area (Å²) in [6.45, 7) is 2.97. The molecule has 1 atom stereocenters. The Morgan fingerprint density at radius 3 is 2.07 bits per heavy atom. The zero-order chi connectivity index (χ0) is 20.8. The normalized spacial score (nSPS) is 17.5. The molecule has 4 nitrogen and oxygen atoms in total. The lowest BCUT2D eigenvalue weighted by molar-refractivity contribution is 0.0488. The monoisotopic (exact) mass is 392 g/mol. The molecule has 4 heteroatoms. The lowest BCUT2D eigenvalue weighted by Gasteiger charge is -2.25. The van der Waals surface area contributed by atoms with Crippen LogP contribution in [0.15, 0.2) is 36.4 Å². The molecule has 0 bridgehead atoms. The summed E-state index contributed by atoms with van der Waals surface area (Å²) in [4.78, 5) is 25.4. The fourth-order valence-corrected chi connectivity index (χ4v) is 4.65. The molecule has 1 saturated carbocycles. The molecule has 2 N–H and O–H groups in total. The number of ketones is 2. The third kappa shape index (κ3) is 3.79. The van der Waals surface area contributed by atoms with Crippen LogP contribution < -0.4 is 0 Å². The molecular formula is C25H28O4. The van der Waals surface area contributed by atoms with E-state index in [4.69, 9.17) is 0 Å². The number of rotatable bonds is 5. The molecule has 1 unspecified atom stereocenters. The van der Waals surface area contributed by atoms with Gasteiger partial charge in [-0.25, -0.2) is 0 Å². The molecule has 0 amide bonds. The number of fused-ring (bicyclic) bond motifs is 3. The molecule has 1 fully saturated rings. The van der Waals surface area contributed by atoms with Crippen LogP contribution in [0, 0.1) is 5.92 Å². The highest BCUT2D eigenvalue weighted by atomic mass is 16.3. The first-order valence-electron chi connectivity index (χ1n) is 10.5. The van der Waals surface area contributed by atoms with E-state index < -0.39 is 11.7 Å². The predicted octanol–water partition coefficient (Wildman–Crippen LogP) is 4.34. The first-order chi connectivity index (χ1) is 13.8. The largest absolute Gasteiger partial charge is 0.385 e. The second-order valence-corrected chi connectivity index (χ2v) is 9.02. The second kappa shape index (κ2) is 7.51. The summed E-state index contributed by atoms with van der Waals surface area (Å²) in [5.41, 5.74) is 3.62. The van der Waals surface area contributed by atoms with Crippen LogP contribution >= 0.6 is 0 Å². The Labute approximate surface area is 171 Å². The smallest absolute Gasteiger partial charge is 0.193 e. The zero-order valence-corrected chi connectivity index (χ0v) is 17.1. The zero-order valence-electron chi connectivity index (χ0n) is 17.1. The lowest BCUT2D eigenvalue weighted by atomic mass is 9.82. The summed E-state index contributed by atoms with van der Waals surface area (Å²) in [5.74, 6) is -0.488. The maximum Gasteiger partial charge on any atom is 0.193 e. The Morgan fingerprint density at radius 2 is 1.48 bits per heavy atom. The average molecular weight is 392 g/mol. The number of hydrogen-bond acceptors (Lipinski definition) is 4. The molecule has 0 heterocycles. The number of carbonyl (C=O) groups excluding carboxylic acids is 2. The van der Waals surface area contributed by atoms with Crippen LogP contribution in [0.1, 0.15) is 77.8 Å². The molecule has 2 aromatic carbocycles. The van der Waals surface area contributed by atoms with E-state index >= 15 is 0 Å². The maximum atomic E-state index is 12.9. The van der Waals surface area contributed by atoms with Gasteiger partial charge in [0.05, 0.1) is 0 Å². The molecule has 4 rings (SSSR count). The summed E-state index contributed by atoms with van der Waals surface area (Å²) >= 11 is 0. The number of benzene rings is 2. The average Bonchev–Trinajstić information content (AvgIpc) is 3.09. The molecule has 0 saturated heterocycles. The Kier molecular flexibility index (Phi) is 5.18. The van der Waals surface area contributed by atoms with Gasteiger partial charge in [-0.15, -0.1) is 0 Å². The standard InChI is InChI=1S/C25H28O4/c1-25(2,29)24(28)19-11-9-17-12-16-8-10-18(13-20(16)21(17)14-19)23(27)22(26)15-6-4-3-5-7-15/h8-11,13-15,22,26,29H,3-7,12H2,1-2H3. The summed E-state index contributed by atoms with van der Waals surface area (Å²) < 4.78 is 0. The number of Topliss-reactive ketones (excluding diaryl/α,β-unsaturated/α-hetero) is 2. The van der Waals surface area contributed by atoms with Crippen LogP contribution in [0.4, 0.5) is 0 Å². The Bertz CT molecular complexity index is 961. The fraction of sp³-hybridized carbons (Fsp3) is 0.440. The first-order valence-corrected chi connectivity index (χ1v) is 10.5. The molecule has 2 aliphatic carbocycles. The van der Waals surface area contributed by atoms with Gasteiger partial charge in [0.25, 0.3) is 0 Å². The van der Waals surface area contributed by atoms with E-state index in [0.29, 0.717) is 11.1 Å². The van der Waals surface area contributed by atoms with E-state index in [1.54, 1.807) is 6.07 Å². The highest BCUT2D eigenvalue weighted by molar-refractivity contribution is 6.04. The molecule has 0 spiro atoms. The van der Waals surface area contributed by atoms with Gasteiger partial charge in [0, 0.05) is 11.1 Å². The molecule has 29 heavy (non-hydrogen) atoms. The minimum Gasteiger partial charge on any atom is -0.385 e. The third-order valence-electron chi connectivity index (χ3n) is 6.36. The topological polar surface area (TPSA) is 74.6 Å². The minimum absolute atomic E-state index is 0.0489. The molecule has 2 aliphatic rings. The van der Waals surface area contributed by atoms with E-state index in [0.717, 1.165) is 54.4 Å². The maximum absolute atomic E-state index is 12.9. The van der Waals surface area contributed by atoms with Crippen LogP contribution in [0.2, 0.25) is 0 Å². The van der Waals surface area contributed by atoms with Crippen molar-refractivity contribution in [1.29, 1.82) is 0 Å². The highest BCUT2D eigenvalue weighted by Gasteiger charge is 2.30. The highest BCUT2D eigenvalue weighted by Crippen LogP contribution is 2.38. The Hall–Kier alpha value is -2.30. The Balaban J connectivity index is 1.65. The number of hydrogen-bond donors (Lipinski definition) is 2. The van der Waals surface area contributed by atoms with Crippen molar-refractivity contribution in [1.82, 2.24) is 0 Å². The Morgan fingerprint density at radius 1 is 0.931 bits per heavy atom. The SMILES string of the molecule is CC(C)(O)C(=O)c1ccc2c(c1)-c1cc(C(=O)C(O)C3CCCCC3)ccc1C2. The first kappa shape index (κ1) is 20.0. The van der Waals surface area contributed by atoms with Gasteiger partial charge in [0.1, 0.15) is 11.7 Å². The van der Waals surface area contributed by atoms with Crippen molar-refractivity contribution in [3.8, 4) is 11.1 Å². The van der Waals surface area contributed by atoms with E-state index in [9.17, 15) is 19.8 Å². The van der Waals surface area contributed by atoms with Crippen molar-refractivity contribution in [3.63, 3.8) is 0 Å². The van der Waals surface area contributed by atoms with Crippen molar-refractivity contribution in [2.45, 2.75) is 64.1 Å². The van der Waals surface area contributed by atoms with Crippen LogP contribution in [-0.4, -0.2) is 33.5 Å². The molecular weight excluding hydrogens is 364 g/mol. The molecule has 2 aromatic rings. The molecule has 152 valence electrons. The van der Waals surface area contributed by atoms with Gasteiger partial charge in [0.15, 0.2) is 11.6 Å². The van der Waals surface area contributed by atoms with E-state index in [1.807, 2.05) is 30.3 Å². The predicted molar refractivity (Wildman–Crippen MR) is 112 cm³/mol. The molecule has 0 aromatic heterocycles. The van der Waals surface area contributed by atoms with E-state index in [-0.39, 0.29) is 17.5 Å². The number of carbonyl (C=O) groups is 2. The number of aliphatic hydroxyl groups excluding tert-OH is 1. The quantitative estimate of drug-likeness (QED) is 0.634. The van der Waals surface area contributed by atoms with Crippen molar-refractivity contribution < 1.29 is 19.8 Å². The van der Waals surface area contributed by atoms with Crippen molar-refractivity contribution in [2.24, 2.45) is 5.92 Å². The van der Waals surface area contributed by atoms with Crippen LogP contribution in [0.3, 0.4) is 0 Å². The van der Waals surface area contributed by atoms with Gasteiger partial charge in [-0.3, -0.25) is 9.59 Å². The molecule has 0 aliphatic heterocycles. The van der Waals surface area contributed by atoms with Crippen LogP contribution in [-0.2, 0) is 6.42 Å². The van der Waals surface area contributed by atoms with Crippen LogP contribution in [0.5, 0.6) is 0 Å². The van der Waals surface area contributed by atoms with Crippen molar-refractivity contribution in [3.05, 3.63) is 58.7 Å². The second-order valence-electron chi connectivity index (χ2n) is 9.02. The molecule has 0 radical (unpaired) electrons. The van der Waals surface area contributed by atoms with Gasteiger partial charge >= 0.3 is 0 Å². The minimum atomic E-state index is -1.43.